The molecule has 2 heterocycles. The molecule has 1 aliphatic heterocycles. The summed E-state index contributed by atoms with van der Waals surface area (Å²) in [5, 5.41) is 11.4. The largest absolute Gasteiger partial charge is 0.408 e. The van der Waals surface area contributed by atoms with E-state index in [1.54, 1.807) is 0 Å². The predicted molar refractivity (Wildman–Crippen MR) is 115 cm³/mol. The molecule has 3 rings (SSSR count). The number of carbonyl (C=O) groups excluding carboxylic acids is 2. The Hall–Kier alpha value is -1.45. The van der Waals surface area contributed by atoms with Crippen LogP contribution in [0.15, 0.2) is 9.64 Å². The van der Waals surface area contributed by atoms with E-state index >= 15 is 0 Å². The van der Waals surface area contributed by atoms with Crippen molar-refractivity contribution >= 4 is 23.5 Å². The highest BCUT2D eigenvalue weighted by Gasteiger charge is 2.36. The predicted octanol–water partition coefficient (Wildman–Crippen LogP) is 2.79. The van der Waals surface area contributed by atoms with Gasteiger partial charge in [-0.15, -0.1) is 10.2 Å². The molecule has 0 aromatic carbocycles. The SMILES string of the molecule is CN(C)CCSc1nnc(C(=O)C(NC(=O)C2CCCCCC2)C2CCOCC2)o1. The summed E-state index contributed by atoms with van der Waals surface area (Å²) in [5.41, 5.74) is 0. The lowest BCUT2D eigenvalue weighted by molar-refractivity contribution is -0.126. The number of nitrogens with zero attached hydrogens (tertiary/aromatic N) is 3. The number of hydrogen-bond acceptors (Lipinski definition) is 8. The van der Waals surface area contributed by atoms with Crippen LogP contribution >= 0.6 is 11.8 Å². The Kier molecular flexibility index (Phi) is 9.14. The molecule has 168 valence electrons. The van der Waals surface area contributed by atoms with Gasteiger partial charge in [0.15, 0.2) is 0 Å². The molecule has 0 radical (unpaired) electrons. The van der Waals surface area contributed by atoms with E-state index in [1.807, 2.05) is 14.1 Å². The smallest absolute Gasteiger partial charge is 0.286 e. The fourth-order valence-electron chi connectivity index (χ4n) is 4.08. The van der Waals surface area contributed by atoms with Crippen LogP contribution in [0.4, 0.5) is 0 Å². The monoisotopic (exact) mass is 438 g/mol. The summed E-state index contributed by atoms with van der Waals surface area (Å²) in [7, 11) is 4.00. The Morgan fingerprint density at radius 3 is 2.47 bits per heavy atom. The minimum Gasteiger partial charge on any atom is -0.408 e. The van der Waals surface area contributed by atoms with E-state index < -0.39 is 6.04 Å². The Balaban J connectivity index is 1.67. The van der Waals surface area contributed by atoms with Crippen LogP contribution in [0, 0.1) is 11.8 Å². The second-order valence-corrected chi connectivity index (χ2v) is 9.56. The van der Waals surface area contributed by atoms with Crippen molar-refractivity contribution < 1.29 is 18.7 Å². The minimum absolute atomic E-state index is 0.0116. The summed E-state index contributed by atoms with van der Waals surface area (Å²) < 4.78 is 11.1. The summed E-state index contributed by atoms with van der Waals surface area (Å²) >= 11 is 1.43. The van der Waals surface area contributed by atoms with Crippen LogP contribution in [-0.4, -0.2) is 72.4 Å². The van der Waals surface area contributed by atoms with Crippen LogP contribution in [0.5, 0.6) is 0 Å². The van der Waals surface area contributed by atoms with Crippen molar-refractivity contribution in [2.45, 2.75) is 62.6 Å². The van der Waals surface area contributed by atoms with Gasteiger partial charge in [-0.3, -0.25) is 9.59 Å². The van der Waals surface area contributed by atoms with Crippen LogP contribution < -0.4 is 5.32 Å². The van der Waals surface area contributed by atoms with Crippen molar-refractivity contribution in [3.8, 4) is 0 Å². The first-order valence-electron chi connectivity index (χ1n) is 11.1. The van der Waals surface area contributed by atoms with Crippen molar-refractivity contribution in [3.63, 3.8) is 0 Å². The lowest BCUT2D eigenvalue weighted by Crippen LogP contribution is -2.49. The number of aromatic nitrogens is 2. The summed E-state index contributed by atoms with van der Waals surface area (Å²) in [6.45, 7) is 2.07. The van der Waals surface area contributed by atoms with Gasteiger partial charge in [0.2, 0.25) is 11.7 Å². The first kappa shape index (κ1) is 23.2. The van der Waals surface area contributed by atoms with Gasteiger partial charge in [0.25, 0.3) is 11.1 Å². The van der Waals surface area contributed by atoms with Crippen molar-refractivity contribution in [1.29, 1.82) is 0 Å². The van der Waals surface area contributed by atoms with Crippen molar-refractivity contribution in [1.82, 2.24) is 20.4 Å². The molecular formula is C21H34N4O4S. The fraction of sp³-hybridized carbons (Fsp3) is 0.810. The van der Waals surface area contributed by atoms with E-state index in [2.05, 4.69) is 20.4 Å². The van der Waals surface area contributed by atoms with Gasteiger partial charge in [0.1, 0.15) is 6.04 Å². The van der Waals surface area contributed by atoms with E-state index in [4.69, 9.17) is 9.15 Å². The van der Waals surface area contributed by atoms with Crippen LogP contribution in [0.1, 0.15) is 62.1 Å². The number of amides is 1. The van der Waals surface area contributed by atoms with Gasteiger partial charge in [-0.1, -0.05) is 37.4 Å². The number of Topliss-reactive ketones (excluding diaryl/α,β-unsaturated/α-hetero) is 1. The minimum atomic E-state index is -0.635. The first-order chi connectivity index (χ1) is 14.5. The lowest BCUT2D eigenvalue weighted by atomic mass is 9.88. The number of hydrogen-bond donors (Lipinski definition) is 1. The van der Waals surface area contributed by atoms with Crippen molar-refractivity contribution in [2.75, 3.05) is 39.6 Å². The van der Waals surface area contributed by atoms with Gasteiger partial charge in [0, 0.05) is 31.4 Å². The lowest BCUT2D eigenvalue weighted by Gasteiger charge is -2.30. The highest BCUT2D eigenvalue weighted by molar-refractivity contribution is 7.99. The molecule has 1 saturated carbocycles. The van der Waals surface area contributed by atoms with Gasteiger partial charge in [-0.05, 0) is 45.7 Å². The molecule has 1 N–H and O–H groups in total. The number of carbonyl (C=O) groups is 2. The van der Waals surface area contributed by atoms with Crippen molar-refractivity contribution in [3.05, 3.63) is 5.89 Å². The number of thioether (sulfide) groups is 1. The molecule has 1 atom stereocenters. The van der Waals surface area contributed by atoms with E-state index in [0.717, 1.165) is 50.8 Å². The average Bonchev–Trinajstić information content (AvgIpc) is 3.04. The van der Waals surface area contributed by atoms with Crippen molar-refractivity contribution in [2.24, 2.45) is 11.8 Å². The Morgan fingerprint density at radius 1 is 1.10 bits per heavy atom. The Morgan fingerprint density at radius 2 is 1.80 bits per heavy atom. The van der Waals surface area contributed by atoms with Crippen LogP contribution in [0.25, 0.3) is 0 Å². The normalized spacial score (nSPS) is 20.1. The van der Waals surface area contributed by atoms with E-state index in [-0.39, 0.29) is 29.4 Å². The topological polar surface area (TPSA) is 97.6 Å². The Bertz CT molecular complexity index is 682. The first-order valence-corrected chi connectivity index (χ1v) is 12.1. The van der Waals surface area contributed by atoms with E-state index in [9.17, 15) is 9.59 Å². The van der Waals surface area contributed by atoms with Gasteiger partial charge >= 0.3 is 0 Å². The Labute approximate surface area is 182 Å². The van der Waals surface area contributed by atoms with Gasteiger partial charge in [0.05, 0.1) is 0 Å². The molecule has 2 fully saturated rings. The zero-order valence-electron chi connectivity index (χ0n) is 18.1. The third kappa shape index (κ3) is 6.78. The molecule has 9 heteroatoms. The molecule has 1 saturated heterocycles. The summed E-state index contributed by atoms with van der Waals surface area (Å²) in [6.07, 6.45) is 7.78. The molecule has 1 unspecified atom stereocenters. The number of rotatable bonds is 9. The van der Waals surface area contributed by atoms with Crippen LogP contribution in [0.2, 0.25) is 0 Å². The third-order valence-electron chi connectivity index (χ3n) is 5.92. The molecule has 1 aromatic heterocycles. The summed E-state index contributed by atoms with van der Waals surface area (Å²) in [5.74, 6) is 0.503. The summed E-state index contributed by atoms with van der Waals surface area (Å²) in [6, 6.07) is -0.635. The van der Waals surface area contributed by atoms with E-state index in [0.29, 0.717) is 18.4 Å². The quantitative estimate of drug-likeness (QED) is 0.357. The highest BCUT2D eigenvalue weighted by atomic mass is 32.2. The molecule has 1 aromatic rings. The highest BCUT2D eigenvalue weighted by Crippen LogP contribution is 2.26. The second kappa shape index (κ2) is 11.8. The molecule has 2 aliphatic rings. The average molecular weight is 439 g/mol. The second-order valence-electron chi connectivity index (χ2n) is 8.51. The van der Waals surface area contributed by atoms with E-state index in [1.165, 1.54) is 24.6 Å². The van der Waals surface area contributed by atoms with Crippen LogP contribution in [-0.2, 0) is 9.53 Å². The third-order valence-corrected chi connectivity index (χ3v) is 6.72. The molecule has 30 heavy (non-hydrogen) atoms. The van der Waals surface area contributed by atoms with Crippen LogP contribution in [0.3, 0.4) is 0 Å². The molecule has 0 spiro atoms. The van der Waals surface area contributed by atoms with Gasteiger partial charge in [-0.2, -0.15) is 0 Å². The fourth-order valence-corrected chi connectivity index (χ4v) is 4.94. The number of ether oxygens (including phenoxy) is 1. The summed E-state index contributed by atoms with van der Waals surface area (Å²) in [4.78, 5) is 28.3. The molecular weight excluding hydrogens is 404 g/mol. The van der Waals surface area contributed by atoms with Gasteiger partial charge in [-0.25, -0.2) is 0 Å². The molecule has 1 aliphatic carbocycles. The maximum atomic E-state index is 13.3. The van der Waals surface area contributed by atoms with Gasteiger partial charge < -0.3 is 19.4 Å². The molecule has 8 nitrogen and oxygen atoms in total. The molecule has 0 bridgehead atoms. The zero-order valence-corrected chi connectivity index (χ0v) is 18.9. The number of nitrogens with one attached hydrogen (secondary N) is 1. The zero-order chi connectivity index (χ0) is 21.3. The standard InChI is InChI=1S/C21H34N4O4S/c1-25(2)11-14-30-21-24-23-20(29-21)18(26)17(15-9-12-28-13-10-15)22-19(27)16-7-5-3-4-6-8-16/h15-17H,3-14H2,1-2H3,(H,22,27). The number of ketones is 1. The molecule has 1 amide bonds. The maximum absolute atomic E-state index is 13.3. The maximum Gasteiger partial charge on any atom is 0.286 e.